The number of fused-ring (bicyclic) bond motifs is 1. The van der Waals surface area contributed by atoms with Crippen molar-refractivity contribution in [1.29, 1.82) is 0 Å². The maximum absolute atomic E-state index is 13.5. The summed E-state index contributed by atoms with van der Waals surface area (Å²) in [6.07, 6.45) is 3.88. The van der Waals surface area contributed by atoms with E-state index in [2.05, 4.69) is 4.90 Å². The maximum Gasteiger partial charge on any atom is 0.263 e. The third-order valence-corrected chi connectivity index (χ3v) is 7.76. The number of hydrogen-bond donors (Lipinski definition) is 1. The van der Waals surface area contributed by atoms with Crippen molar-refractivity contribution in [2.75, 3.05) is 44.8 Å². The molecule has 5 rings (SSSR count). The third kappa shape index (κ3) is 4.34. The fourth-order valence-electron chi connectivity index (χ4n) is 5.87. The fraction of sp³-hybridized carbons (Fsp3) is 0.464. The van der Waals surface area contributed by atoms with Gasteiger partial charge in [-0.1, -0.05) is 24.3 Å². The monoisotopic (exact) mass is 491 g/mol. The van der Waals surface area contributed by atoms with E-state index in [1.54, 1.807) is 13.2 Å². The van der Waals surface area contributed by atoms with Crippen molar-refractivity contribution in [3.05, 3.63) is 59.2 Å². The van der Waals surface area contributed by atoms with Gasteiger partial charge >= 0.3 is 0 Å². The Balaban J connectivity index is 1.34. The molecular weight excluding hydrogens is 458 g/mol. The molecule has 0 bridgehead atoms. The van der Waals surface area contributed by atoms with Gasteiger partial charge < -0.3 is 19.6 Å². The van der Waals surface area contributed by atoms with Crippen LogP contribution in [0.3, 0.4) is 0 Å². The molecule has 36 heavy (non-hydrogen) atoms. The lowest BCUT2D eigenvalue weighted by molar-refractivity contribution is -0.137. The molecule has 190 valence electrons. The third-order valence-electron chi connectivity index (χ3n) is 7.76. The number of nitrogens with zero attached hydrogens (tertiary/aromatic N) is 3. The first-order chi connectivity index (χ1) is 17.5. The van der Waals surface area contributed by atoms with Crippen molar-refractivity contribution in [1.82, 2.24) is 9.80 Å². The number of hydrogen-bond acceptors (Lipinski definition) is 6. The van der Waals surface area contributed by atoms with Crippen LogP contribution in [0.1, 0.15) is 52.0 Å². The number of aliphatic hydroxyl groups excluding tert-OH is 1. The lowest BCUT2D eigenvalue weighted by Gasteiger charge is -2.37. The van der Waals surface area contributed by atoms with E-state index in [4.69, 9.17) is 4.74 Å². The molecule has 2 aromatic rings. The summed E-state index contributed by atoms with van der Waals surface area (Å²) >= 11 is 0. The predicted octanol–water partition coefficient (Wildman–Crippen LogP) is 2.73. The van der Waals surface area contributed by atoms with Crippen LogP contribution in [-0.2, 0) is 11.2 Å². The highest BCUT2D eigenvalue weighted by molar-refractivity contribution is 6.23. The predicted molar refractivity (Wildman–Crippen MR) is 135 cm³/mol. The summed E-state index contributed by atoms with van der Waals surface area (Å²) in [7, 11) is 1.61. The highest BCUT2D eigenvalue weighted by Crippen LogP contribution is 2.35. The summed E-state index contributed by atoms with van der Waals surface area (Å²) in [6.45, 7) is 2.19. The first kappa shape index (κ1) is 24.3. The number of para-hydroxylation sites is 1. The highest BCUT2D eigenvalue weighted by Gasteiger charge is 2.40. The van der Waals surface area contributed by atoms with Gasteiger partial charge in [-0.15, -0.1) is 0 Å². The van der Waals surface area contributed by atoms with E-state index in [0.717, 1.165) is 49.2 Å². The summed E-state index contributed by atoms with van der Waals surface area (Å²) in [5.41, 5.74) is 2.52. The molecule has 1 N–H and O–H groups in total. The minimum atomic E-state index is -0.283. The first-order valence-electron chi connectivity index (χ1n) is 12.8. The fourth-order valence-corrected chi connectivity index (χ4v) is 5.87. The van der Waals surface area contributed by atoms with Gasteiger partial charge in [-0.2, -0.15) is 0 Å². The Kier molecular flexibility index (Phi) is 6.96. The van der Waals surface area contributed by atoms with Crippen molar-refractivity contribution in [2.24, 2.45) is 5.92 Å². The summed E-state index contributed by atoms with van der Waals surface area (Å²) in [5, 5.41) is 9.66. The molecule has 0 saturated carbocycles. The molecule has 2 atom stereocenters. The van der Waals surface area contributed by atoms with E-state index in [1.165, 1.54) is 4.90 Å². The van der Waals surface area contributed by atoms with Gasteiger partial charge in [-0.05, 0) is 55.9 Å². The Morgan fingerprint density at radius 1 is 1.03 bits per heavy atom. The molecule has 8 nitrogen and oxygen atoms in total. The van der Waals surface area contributed by atoms with E-state index in [1.807, 2.05) is 41.3 Å². The largest absolute Gasteiger partial charge is 0.496 e. The molecule has 2 saturated heterocycles. The van der Waals surface area contributed by atoms with Crippen molar-refractivity contribution in [2.45, 2.75) is 38.1 Å². The number of imide groups is 1. The van der Waals surface area contributed by atoms with Crippen molar-refractivity contribution in [3.63, 3.8) is 0 Å². The normalized spacial score (nSPS) is 21.8. The number of methoxy groups -OCH3 is 1. The number of rotatable bonds is 7. The quantitative estimate of drug-likeness (QED) is 0.599. The van der Waals surface area contributed by atoms with E-state index in [9.17, 15) is 19.5 Å². The summed E-state index contributed by atoms with van der Waals surface area (Å²) in [4.78, 5) is 45.2. The number of anilines is 1. The van der Waals surface area contributed by atoms with Crippen LogP contribution in [0, 0.1) is 5.92 Å². The summed E-state index contributed by atoms with van der Waals surface area (Å²) in [6, 6.07) is 12.9. The Labute approximate surface area is 211 Å². The van der Waals surface area contributed by atoms with Crippen LogP contribution in [0.5, 0.6) is 5.75 Å². The lowest BCUT2D eigenvalue weighted by atomic mass is 9.94. The Morgan fingerprint density at radius 3 is 2.64 bits per heavy atom. The maximum atomic E-state index is 13.5. The number of carbonyl (C=O) groups is 3. The average Bonchev–Trinajstić information content (AvgIpc) is 3.50. The van der Waals surface area contributed by atoms with Crippen LogP contribution in [0.15, 0.2) is 42.5 Å². The van der Waals surface area contributed by atoms with Gasteiger partial charge in [0.2, 0.25) is 5.91 Å². The van der Waals surface area contributed by atoms with Crippen molar-refractivity contribution in [3.8, 4) is 5.75 Å². The number of likely N-dealkylation sites (tertiary alicyclic amines) is 1. The molecule has 2 fully saturated rings. The van der Waals surface area contributed by atoms with Crippen LogP contribution in [0.25, 0.3) is 0 Å². The molecular formula is C28H33N3O5. The summed E-state index contributed by atoms with van der Waals surface area (Å²) in [5.74, 6) is 0.0774. The number of amides is 3. The zero-order valence-corrected chi connectivity index (χ0v) is 20.7. The number of ether oxygens (including phenoxy) is 1. The average molecular weight is 492 g/mol. The molecule has 0 radical (unpaired) electrons. The van der Waals surface area contributed by atoms with E-state index in [-0.39, 0.29) is 42.8 Å². The van der Waals surface area contributed by atoms with Gasteiger partial charge in [0, 0.05) is 26.2 Å². The first-order valence-corrected chi connectivity index (χ1v) is 12.8. The van der Waals surface area contributed by atoms with Crippen LogP contribution < -0.4 is 9.64 Å². The van der Waals surface area contributed by atoms with Crippen molar-refractivity contribution < 1.29 is 24.2 Å². The van der Waals surface area contributed by atoms with Gasteiger partial charge in [0.1, 0.15) is 5.75 Å². The molecule has 3 aliphatic heterocycles. The lowest BCUT2D eigenvalue weighted by Crippen LogP contribution is -2.47. The van der Waals surface area contributed by atoms with E-state index < -0.39 is 0 Å². The van der Waals surface area contributed by atoms with Crippen LogP contribution in [0.2, 0.25) is 0 Å². The second-order valence-electron chi connectivity index (χ2n) is 9.82. The van der Waals surface area contributed by atoms with Gasteiger partial charge in [0.25, 0.3) is 11.8 Å². The van der Waals surface area contributed by atoms with Crippen LogP contribution in [0.4, 0.5) is 5.69 Å². The standard InChI is InChI=1S/C28H33N3O5/c1-36-24-12-3-2-7-19(24)13-16-31-27(34)22-10-4-11-23(25(22)28(31)35)29-14-5-8-20(17-29)26(33)30-15-6-9-21(30)18-32/h2-4,7,10-12,20-21,32H,5-6,8-9,13-18H2,1H3/t20-,21-/m0/s1. The molecule has 0 spiro atoms. The second-order valence-corrected chi connectivity index (χ2v) is 9.82. The molecule has 0 aromatic heterocycles. The molecule has 3 heterocycles. The SMILES string of the molecule is COc1ccccc1CCN1C(=O)c2cccc(N3CCC[C@H](C(=O)N4CCC[C@H]4CO)C3)c2C1=O. The van der Waals surface area contributed by atoms with Gasteiger partial charge in [-0.25, -0.2) is 0 Å². The van der Waals surface area contributed by atoms with Crippen LogP contribution >= 0.6 is 0 Å². The Hall–Kier alpha value is -3.39. The molecule has 3 aliphatic rings. The molecule has 0 aliphatic carbocycles. The Bertz CT molecular complexity index is 1170. The van der Waals surface area contributed by atoms with E-state index in [0.29, 0.717) is 30.6 Å². The molecule has 3 amide bonds. The molecule has 2 aromatic carbocycles. The molecule has 8 heteroatoms. The topological polar surface area (TPSA) is 90.4 Å². The molecule has 0 unspecified atom stereocenters. The second kappa shape index (κ2) is 10.3. The van der Waals surface area contributed by atoms with Gasteiger partial charge in [-0.3, -0.25) is 19.3 Å². The zero-order chi connectivity index (χ0) is 25.2. The number of aliphatic hydroxyl groups is 1. The summed E-state index contributed by atoms with van der Waals surface area (Å²) < 4.78 is 5.41. The minimum absolute atomic E-state index is 0.00429. The highest BCUT2D eigenvalue weighted by atomic mass is 16.5. The Morgan fingerprint density at radius 2 is 1.83 bits per heavy atom. The van der Waals surface area contributed by atoms with Gasteiger partial charge in [0.15, 0.2) is 0 Å². The van der Waals surface area contributed by atoms with Crippen LogP contribution in [-0.4, -0.2) is 78.6 Å². The van der Waals surface area contributed by atoms with Gasteiger partial charge in [0.05, 0.1) is 42.5 Å². The number of benzene rings is 2. The van der Waals surface area contributed by atoms with E-state index >= 15 is 0 Å². The smallest absolute Gasteiger partial charge is 0.263 e. The van der Waals surface area contributed by atoms with Crippen molar-refractivity contribution >= 4 is 23.4 Å². The number of piperidine rings is 1. The minimum Gasteiger partial charge on any atom is -0.496 e. The zero-order valence-electron chi connectivity index (χ0n) is 20.7. The number of carbonyl (C=O) groups excluding carboxylic acids is 3.